The van der Waals surface area contributed by atoms with E-state index in [0.29, 0.717) is 27.0 Å². The van der Waals surface area contributed by atoms with Gasteiger partial charge in [-0.05, 0) is 18.2 Å². The predicted molar refractivity (Wildman–Crippen MR) is 126 cm³/mol. The van der Waals surface area contributed by atoms with Crippen molar-refractivity contribution in [1.82, 2.24) is 9.80 Å². The van der Waals surface area contributed by atoms with E-state index in [0.717, 1.165) is 5.56 Å². The Balaban J connectivity index is 1.56. The summed E-state index contributed by atoms with van der Waals surface area (Å²) in [5, 5.41) is 0. The number of fused-ring (bicyclic) bond motifs is 1. The molecule has 7 nitrogen and oxygen atoms in total. The summed E-state index contributed by atoms with van der Waals surface area (Å²) in [6, 6.07) is 14.4. The molecule has 0 atom stereocenters. The highest BCUT2D eigenvalue weighted by Gasteiger charge is 2.23. The van der Waals surface area contributed by atoms with Crippen LogP contribution in [0.25, 0.3) is 0 Å². The monoisotopic (exact) mass is 478 g/mol. The molecule has 2 aromatic rings. The summed E-state index contributed by atoms with van der Waals surface area (Å²) in [6.07, 6.45) is 0. The van der Waals surface area contributed by atoms with Gasteiger partial charge < -0.3 is 19.3 Å². The summed E-state index contributed by atoms with van der Waals surface area (Å²) in [6.45, 7) is 0.0270. The standard InChI is InChI=1S/C21H22N2O5S3/c1-22(21(30)16-8-9-18-19(10-16)28-14-27-18)11-17(24)12-31(25,26)13-23(2)20(29)15-6-4-3-5-7-15/h3-10H,11-14H2,1-2H3. The highest BCUT2D eigenvalue weighted by molar-refractivity contribution is 7.92. The molecule has 0 fully saturated rings. The maximum absolute atomic E-state index is 12.5. The van der Waals surface area contributed by atoms with Crippen LogP contribution in [0.15, 0.2) is 48.5 Å². The van der Waals surface area contributed by atoms with Crippen LogP contribution in [0, 0.1) is 0 Å². The molecule has 1 heterocycles. The summed E-state index contributed by atoms with van der Waals surface area (Å²) in [7, 11) is -0.452. The van der Waals surface area contributed by atoms with E-state index in [4.69, 9.17) is 33.9 Å². The number of sulfone groups is 1. The highest BCUT2D eigenvalue weighted by Crippen LogP contribution is 2.32. The second kappa shape index (κ2) is 9.71. The molecule has 1 aliphatic rings. The molecule has 0 radical (unpaired) electrons. The Kier molecular flexibility index (Phi) is 7.24. The molecule has 1 aliphatic heterocycles. The predicted octanol–water partition coefficient (Wildman–Crippen LogP) is 2.27. The Morgan fingerprint density at radius 2 is 1.58 bits per heavy atom. The topological polar surface area (TPSA) is 76.2 Å². The minimum absolute atomic E-state index is 0.126. The fourth-order valence-electron chi connectivity index (χ4n) is 3.08. The van der Waals surface area contributed by atoms with Crippen LogP contribution in [-0.4, -0.2) is 73.0 Å². The van der Waals surface area contributed by atoms with Gasteiger partial charge in [0.2, 0.25) is 6.79 Å². The molecule has 31 heavy (non-hydrogen) atoms. The zero-order chi connectivity index (χ0) is 22.6. The van der Waals surface area contributed by atoms with E-state index in [9.17, 15) is 13.2 Å². The minimum atomic E-state index is -3.69. The smallest absolute Gasteiger partial charge is 0.231 e. The fraction of sp³-hybridized carbons (Fsp3) is 0.286. The molecule has 3 rings (SSSR count). The molecular formula is C21H22N2O5S3. The number of likely N-dealkylation sites (N-methyl/N-ethyl adjacent to an activating group) is 1. The molecule has 0 unspecified atom stereocenters. The van der Waals surface area contributed by atoms with E-state index >= 15 is 0 Å². The summed E-state index contributed by atoms with van der Waals surface area (Å²) < 4.78 is 35.7. The third-order valence-corrected chi connectivity index (χ3v) is 7.16. The Labute approximate surface area is 192 Å². The van der Waals surface area contributed by atoms with Crippen molar-refractivity contribution in [3.8, 4) is 11.5 Å². The van der Waals surface area contributed by atoms with Gasteiger partial charge >= 0.3 is 0 Å². The van der Waals surface area contributed by atoms with Crippen molar-refractivity contribution in [2.75, 3.05) is 39.1 Å². The van der Waals surface area contributed by atoms with Crippen LogP contribution in [0.2, 0.25) is 0 Å². The highest BCUT2D eigenvalue weighted by atomic mass is 32.2. The minimum Gasteiger partial charge on any atom is -0.454 e. The van der Waals surface area contributed by atoms with Crippen molar-refractivity contribution in [2.24, 2.45) is 0 Å². The van der Waals surface area contributed by atoms with Gasteiger partial charge in [-0.1, -0.05) is 54.8 Å². The number of ketones is 1. The van der Waals surface area contributed by atoms with Crippen LogP contribution >= 0.6 is 24.4 Å². The van der Waals surface area contributed by atoms with Gasteiger partial charge in [0.1, 0.15) is 21.6 Å². The normalized spacial score (nSPS) is 12.3. The quantitative estimate of drug-likeness (QED) is 0.531. The zero-order valence-electron chi connectivity index (χ0n) is 17.1. The molecule has 0 saturated heterocycles. The lowest BCUT2D eigenvalue weighted by molar-refractivity contribution is -0.116. The van der Waals surface area contributed by atoms with Crippen LogP contribution in [-0.2, 0) is 14.6 Å². The number of benzene rings is 2. The first-order valence-electron chi connectivity index (χ1n) is 9.34. The van der Waals surface area contributed by atoms with Crippen LogP contribution in [0.1, 0.15) is 11.1 Å². The molecule has 0 N–H and O–H groups in total. The van der Waals surface area contributed by atoms with Crippen LogP contribution in [0.3, 0.4) is 0 Å². The second-order valence-corrected chi connectivity index (χ2v) is 9.96. The number of thiocarbonyl (C=S) groups is 2. The van der Waals surface area contributed by atoms with E-state index in [1.807, 2.05) is 30.3 Å². The number of nitrogens with zero attached hydrogens (tertiary/aromatic N) is 2. The summed E-state index contributed by atoms with van der Waals surface area (Å²) in [5.74, 6) is -0.177. The van der Waals surface area contributed by atoms with Crippen LogP contribution in [0.5, 0.6) is 11.5 Å². The summed E-state index contributed by atoms with van der Waals surface area (Å²) >= 11 is 10.8. The van der Waals surface area contributed by atoms with Gasteiger partial charge in [0.25, 0.3) is 0 Å². The van der Waals surface area contributed by atoms with Gasteiger partial charge in [0, 0.05) is 25.2 Å². The number of hydrogen-bond donors (Lipinski definition) is 0. The van der Waals surface area contributed by atoms with E-state index in [2.05, 4.69) is 0 Å². The lowest BCUT2D eigenvalue weighted by Crippen LogP contribution is -2.37. The fourth-order valence-corrected chi connectivity index (χ4v) is 4.94. The van der Waals surface area contributed by atoms with Crippen molar-refractivity contribution >= 4 is 50.0 Å². The van der Waals surface area contributed by atoms with Gasteiger partial charge in [-0.3, -0.25) is 4.79 Å². The molecule has 0 aliphatic carbocycles. The largest absolute Gasteiger partial charge is 0.454 e. The van der Waals surface area contributed by atoms with Crippen molar-refractivity contribution in [3.63, 3.8) is 0 Å². The zero-order valence-corrected chi connectivity index (χ0v) is 19.6. The van der Waals surface area contributed by atoms with Crippen molar-refractivity contribution in [2.45, 2.75) is 0 Å². The van der Waals surface area contributed by atoms with Gasteiger partial charge in [0.15, 0.2) is 27.1 Å². The van der Waals surface area contributed by atoms with Crippen molar-refractivity contribution in [1.29, 1.82) is 0 Å². The molecule has 0 spiro atoms. The molecule has 2 aromatic carbocycles. The van der Waals surface area contributed by atoms with Gasteiger partial charge in [-0.15, -0.1) is 0 Å². The first-order valence-corrected chi connectivity index (χ1v) is 12.0. The van der Waals surface area contributed by atoms with Gasteiger partial charge in [-0.25, -0.2) is 8.42 Å². The first kappa shape index (κ1) is 23.1. The number of carbonyl (C=O) groups excluding carboxylic acids is 1. The van der Waals surface area contributed by atoms with E-state index in [-0.39, 0.29) is 19.2 Å². The molecule has 10 heteroatoms. The van der Waals surface area contributed by atoms with Gasteiger partial charge in [-0.2, -0.15) is 0 Å². The van der Waals surface area contributed by atoms with Crippen molar-refractivity contribution in [3.05, 3.63) is 59.7 Å². The van der Waals surface area contributed by atoms with E-state index in [1.165, 1.54) is 4.90 Å². The Bertz CT molecular complexity index is 1100. The third kappa shape index (κ3) is 5.99. The average molecular weight is 479 g/mol. The lowest BCUT2D eigenvalue weighted by Gasteiger charge is -2.21. The Hall–Kier alpha value is -2.56. The molecule has 164 valence electrons. The summed E-state index contributed by atoms with van der Waals surface area (Å²) in [4.78, 5) is 16.2. The second-order valence-electron chi connectivity index (χ2n) is 7.15. The third-order valence-electron chi connectivity index (χ3n) is 4.52. The first-order chi connectivity index (χ1) is 14.7. The number of carbonyl (C=O) groups is 1. The van der Waals surface area contributed by atoms with E-state index in [1.54, 1.807) is 37.2 Å². The number of Topliss-reactive ketones (excluding diaryl/α,β-unsaturated/α-hetero) is 1. The average Bonchev–Trinajstić information content (AvgIpc) is 3.20. The number of ether oxygens (including phenoxy) is 2. The van der Waals surface area contributed by atoms with Crippen molar-refractivity contribution < 1.29 is 22.7 Å². The Morgan fingerprint density at radius 3 is 2.29 bits per heavy atom. The Morgan fingerprint density at radius 1 is 0.935 bits per heavy atom. The van der Waals surface area contributed by atoms with Gasteiger partial charge in [0.05, 0.1) is 6.54 Å². The lowest BCUT2D eigenvalue weighted by atomic mass is 10.2. The van der Waals surface area contributed by atoms with E-state index < -0.39 is 21.4 Å². The molecule has 0 aromatic heterocycles. The number of hydrogen-bond acceptors (Lipinski definition) is 7. The molecule has 0 bridgehead atoms. The summed E-state index contributed by atoms with van der Waals surface area (Å²) in [5.41, 5.74) is 1.43. The molecular weight excluding hydrogens is 456 g/mol. The molecule has 0 amide bonds. The van der Waals surface area contributed by atoms with Crippen LogP contribution in [0.4, 0.5) is 0 Å². The SMILES string of the molecule is CN(CC(=O)CS(=O)(=O)CN(C)C(=S)c1ccccc1)C(=S)c1ccc2c(c1)OCO2. The van der Waals surface area contributed by atoms with Crippen LogP contribution < -0.4 is 9.47 Å². The maximum atomic E-state index is 12.5. The maximum Gasteiger partial charge on any atom is 0.231 e. The number of rotatable bonds is 8. The molecule has 0 saturated carbocycles.